The van der Waals surface area contributed by atoms with Crippen molar-refractivity contribution in [2.75, 3.05) is 32.9 Å². The summed E-state index contributed by atoms with van der Waals surface area (Å²) in [5.41, 5.74) is 5.02. The van der Waals surface area contributed by atoms with E-state index in [9.17, 15) is 19.5 Å². The van der Waals surface area contributed by atoms with Gasteiger partial charge in [0.15, 0.2) is 6.29 Å². The number of nitrogens with one attached hydrogen (secondary N) is 3. The number of amides is 3. The normalized spacial score (nSPS) is 27.0. The number of carbonyl (C=O) groups excluding carboxylic acids is 3. The van der Waals surface area contributed by atoms with Crippen molar-refractivity contribution >= 4 is 18.1 Å². The zero-order chi connectivity index (χ0) is 34.5. The third-order valence-electron chi connectivity index (χ3n) is 9.44. The zero-order valence-corrected chi connectivity index (χ0v) is 28.2. The molecule has 1 aliphatic carbocycles. The average Bonchev–Trinajstić information content (AvgIpc) is 3.69. The molecule has 0 spiro atoms. The number of nitrogens with zero attached hydrogens (tertiary/aromatic N) is 2. The Balaban J connectivity index is 1.09. The molecule has 3 bridgehead atoms. The van der Waals surface area contributed by atoms with Gasteiger partial charge in [0.25, 0.3) is 5.91 Å². The van der Waals surface area contributed by atoms with Gasteiger partial charge in [-0.05, 0) is 41.0 Å². The van der Waals surface area contributed by atoms with Crippen LogP contribution in [0.2, 0.25) is 0 Å². The molecule has 14 heteroatoms. The first kappa shape index (κ1) is 35.0. The van der Waals surface area contributed by atoms with Crippen LogP contribution in [0.3, 0.4) is 0 Å². The van der Waals surface area contributed by atoms with Crippen molar-refractivity contribution < 1.29 is 43.2 Å². The van der Waals surface area contributed by atoms with Crippen molar-refractivity contribution in [1.82, 2.24) is 26.1 Å². The Morgan fingerprint density at radius 2 is 1.86 bits per heavy atom. The van der Waals surface area contributed by atoms with E-state index in [4.69, 9.17) is 23.7 Å². The molecule has 49 heavy (non-hydrogen) atoms. The third kappa shape index (κ3) is 9.05. The summed E-state index contributed by atoms with van der Waals surface area (Å²) in [6.45, 7) is 6.91. The SMILES string of the molecule is CC(C)(C)C(NC(=O)OC1CCOC1)C(=O)NN(Cc1ccc(-c2cccnc2)cc1)CC(O)CNC(=O)OC1C2COC3OC1CC3C2. The Morgan fingerprint density at radius 1 is 1.04 bits per heavy atom. The Morgan fingerprint density at radius 3 is 2.57 bits per heavy atom. The molecule has 8 unspecified atom stereocenters. The third-order valence-corrected chi connectivity index (χ3v) is 9.44. The van der Waals surface area contributed by atoms with Crippen LogP contribution in [0.1, 0.15) is 45.6 Å². The van der Waals surface area contributed by atoms with Gasteiger partial charge >= 0.3 is 12.2 Å². The predicted octanol–water partition coefficient (Wildman–Crippen LogP) is 2.75. The number of aliphatic hydroxyl groups excluding tert-OH is 1. The number of hydrogen-bond donors (Lipinski definition) is 4. The first-order valence-electron chi connectivity index (χ1n) is 17.0. The van der Waals surface area contributed by atoms with E-state index < -0.39 is 41.8 Å². The first-order chi connectivity index (χ1) is 23.5. The maximum atomic E-state index is 13.7. The Labute approximate surface area is 286 Å². The fourth-order valence-electron chi connectivity index (χ4n) is 6.92. The van der Waals surface area contributed by atoms with Gasteiger partial charge in [0.2, 0.25) is 0 Å². The predicted molar refractivity (Wildman–Crippen MR) is 175 cm³/mol. The second-order valence-electron chi connectivity index (χ2n) is 14.4. The number of ether oxygens (including phenoxy) is 5. The smallest absolute Gasteiger partial charge is 0.408 e. The van der Waals surface area contributed by atoms with E-state index in [1.54, 1.807) is 17.4 Å². The maximum absolute atomic E-state index is 13.7. The molecule has 4 heterocycles. The van der Waals surface area contributed by atoms with Crippen molar-refractivity contribution in [3.63, 3.8) is 0 Å². The van der Waals surface area contributed by atoms with Gasteiger partial charge < -0.3 is 39.4 Å². The van der Waals surface area contributed by atoms with Crippen LogP contribution < -0.4 is 16.1 Å². The van der Waals surface area contributed by atoms with Gasteiger partial charge in [0, 0.05) is 50.3 Å². The van der Waals surface area contributed by atoms with Crippen LogP contribution in [0, 0.1) is 17.3 Å². The van der Waals surface area contributed by atoms with E-state index in [1.807, 2.05) is 57.2 Å². The minimum atomic E-state index is -1.08. The molecule has 3 aliphatic heterocycles. The van der Waals surface area contributed by atoms with Crippen molar-refractivity contribution in [3.8, 4) is 11.1 Å². The van der Waals surface area contributed by atoms with E-state index in [2.05, 4.69) is 21.0 Å². The van der Waals surface area contributed by atoms with E-state index in [0.29, 0.717) is 32.2 Å². The number of hydrazine groups is 1. The molecule has 3 amide bonds. The molecule has 4 fully saturated rings. The summed E-state index contributed by atoms with van der Waals surface area (Å²) in [6, 6.07) is 10.7. The second kappa shape index (κ2) is 15.4. The standard InChI is InChI=1S/C35H47N5O9/c1-35(2,3)30(38-34(44)47-27-10-12-45-20-27)31(42)39-40(17-21-6-8-22(9-7-21)23-5-4-11-36-15-23)18-26(41)16-37-33(43)49-29-25-13-24-14-28(29)48-32(24)46-19-25/h4-9,11,15,24-30,32,41H,10,12-14,16-20H2,1-3H3,(H,37,43)(H,38,44)(H,39,42). The van der Waals surface area contributed by atoms with Crippen molar-refractivity contribution in [1.29, 1.82) is 0 Å². The largest absolute Gasteiger partial charge is 0.444 e. The number of alkyl carbamates (subject to hydrolysis) is 2. The van der Waals surface area contributed by atoms with Gasteiger partial charge in [-0.3, -0.25) is 15.2 Å². The molecule has 4 N–H and O–H groups in total. The van der Waals surface area contributed by atoms with Gasteiger partial charge in [0.05, 0.1) is 32.0 Å². The molecular formula is C35H47N5O9. The number of hydrogen-bond acceptors (Lipinski definition) is 11. The number of rotatable bonds is 12. The molecule has 1 aromatic heterocycles. The molecule has 1 aromatic carbocycles. The number of aromatic nitrogens is 1. The number of fused-ring (bicyclic) bond motifs is 2. The Hall–Kier alpha value is -3.82. The lowest BCUT2D eigenvalue weighted by molar-refractivity contribution is -0.153. The van der Waals surface area contributed by atoms with Crippen LogP contribution in [0.15, 0.2) is 48.8 Å². The van der Waals surface area contributed by atoms with E-state index >= 15 is 0 Å². The van der Waals surface area contributed by atoms with Gasteiger partial charge in [-0.1, -0.05) is 51.1 Å². The summed E-state index contributed by atoms with van der Waals surface area (Å²) in [4.78, 5) is 43.5. The lowest BCUT2D eigenvalue weighted by atomic mass is 9.78. The molecule has 1 saturated carbocycles. The van der Waals surface area contributed by atoms with E-state index in [-0.39, 0.29) is 44.1 Å². The molecule has 266 valence electrons. The lowest BCUT2D eigenvalue weighted by Crippen LogP contribution is -2.58. The van der Waals surface area contributed by atoms with Gasteiger partial charge in [-0.2, -0.15) is 0 Å². The minimum absolute atomic E-state index is 0.0356. The van der Waals surface area contributed by atoms with Crippen molar-refractivity contribution in [2.24, 2.45) is 17.3 Å². The molecule has 3 saturated heterocycles. The first-order valence-corrected chi connectivity index (χ1v) is 17.0. The van der Waals surface area contributed by atoms with Crippen LogP contribution >= 0.6 is 0 Å². The fraction of sp³-hybridized carbons (Fsp3) is 0.600. The maximum Gasteiger partial charge on any atom is 0.408 e. The summed E-state index contributed by atoms with van der Waals surface area (Å²) in [7, 11) is 0. The van der Waals surface area contributed by atoms with E-state index in [0.717, 1.165) is 29.5 Å². The molecule has 4 aliphatic rings. The average molecular weight is 682 g/mol. The van der Waals surface area contributed by atoms with Crippen LogP contribution in [0.4, 0.5) is 9.59 Å². The number of aliphatic hydroxyl groups is 1. The van der Waals surface area contributed by atoms with E-state index in [1.165, 1.54) is 0 Å². The minimum Gasteiger partial charge on any atom is -0.444 e. The summed E-state index contributed by atoms with van der Waals surface area (Å²) < 4.78 is 28.2. The monoisotopic (exact) mass is 681 g/mol. The van der Waals surface area contributed by atoms with Crippen LogP contribution in [-0.4, -0.2) is 103 Å². The topological polar surface area (TPSA) is 170 Å². The Kier molecular flexibility index (Phi) is 11.0. The Bertz CT molecular complexity index is 1430. The number of pyridine rings is 1. The van der Waals surface area contributed by atoms with Gasteiger partial charge in [-0.25, -0.2) is 14.6 Å². The highest BCUT2D eigenvalue weighted by Crippen LogP contribution is 2.46. The van der Waals surface area contributed by atoms with Crippen LogP contribution in [0.25, 0.3) is 11.1 Å². The molecular weight excluding hydrogens is 634 g/mol. The molecule has 0 radical (unpaired) electrons. The van der Waals surface area contributed by atoms with Crippen LogP contribution in [0.5, 0.6) is 0 Å². The highest BCUT2D eigenvalue weighted by atomic mass is 16.7. The van der Waals surface area contributed by atoms with Crippen LogP contribution in [-0.2, 0) is 35.0 Å². The fourth-order valence-corrected chi connectivity index (χ4v) is 6.92. The van der Waals surface area contributed by atoms with Crippen molar-refractivity contribution in [2.45, 2.75) is 83.3 Å². The zero-order valence-electron chi connectivity index (χ0n) is 28.2. The second-order valence-corrected chi connectivity index (χ2v) is 14.4. The summed E-state index contributed by atoms with van der Waals surface area (Å²) in [5.74, 6) is -0.0497. The summed E-state index contributed by atoms with van der Waals surface area (Å²) in [6.07, 6.45) is 2.20. The number of benzene rings is 1. The van der Waals surface area contributed by atoms with Gasteiger partial charge in [0.1, 0.15) is 18.2 Å². The van der Waals surface area contributed by atoms with Gasteiger partial charge in [-0.15, -0.1) is 0 Å². The highest BCUT2D eigenvalue weighted by molar-refractivity contribution is 5.86. The number of carbonyl (C=O) groups is 3. The van der Waals surface area contributed by atoms with Crippen molar-refractivity contribution in [3.05, 3.63) is 54.4 Å². The molecule has 14 nitrogen and oxygen atoms in total. The molecule has 8 atom stereocenters. The highest BCUT2D eigenvalue weighted by Gasteiger charge is 2.53. The quantitative estimate of drug-likeness (QED) is 0.243. The lowest BCUT2D eigenvalue weighted by Gasteiger charge is -2.36. The summed E-state index contributed by atoms with van der Waals surface area (Å²) >= 11 is 0. The summed E-state index contributed by atoms with van der Waals surface area (Å²) in [5, 5.41) is 18.0. The molecule has 6 rings (SSSR count). The molecule has 2 aromatic rings.